The van der Waals surface area contributed by atoms with Crippen molar-refractivity contribution in [1.82, 2.24) is 9.55 Å². The molecule has 0 saturated carbocycles. The molecule has 7 heteroatoms. The highest BCUT2D eigenvalue weighted by molar-refractivity contribution is 9.10. The average Bonchev–Trinajstić information content (AvgIpc) is 3.39. The molecular formula is C23H24BrClN2O2S. The van der Waals surface area contributed by atoms with Crippen molar-refractivity contribution in [3.05, 3.63) is 82.3 Å². The molecule has 0 bridgehead atoms. The number of ether oxygens (including phenoxy) is 2. The van der Waals surface area contributed by atoms with Crippen LogP contribution in [-0.4, -0.2) is 33.8 Å². The van der Waals surface area contributed by atoms with Gasteiger partial charge in [0.05, 0.1) is 25.6 Å². The van der Waals surface area contributed by atoms with E-state index in [1.807, 2.05) is 47.1 Å². The summed E-state index contributed by atoms with van der Waals surface area (Å²) in [6.07, 6.45) is 8.24. The van der Waals surface area contributed by atoms with Crippen LogP contribution in [0.15, 0.2) is 76.6 Å². The summed E-state index contributed by atoms with van der Waals surface area (Å²) in [5.41, 5.74) is 1.23. The number of aromatic nitrogens is 2. The largest absolute Gasteiger partial charge is 0.345 e. The molecule has 3 aromatic rings. The number of benzene rings is 2. The van der Waals surface area contributed by atoms with Crippen molar-refractivity contribution >= 4 is 39.3 Å². The predicted octanol–water partition coefficient (Wildman–Crippen LogP) is 6.23. The molecule has 30 heavy (non-hydrogen) atoms. The van der Waals surface area contributed by atoms with E-state index in [9.17, 15) is 0 Å². The number of thioether (sulfide) groups is 1. The van der Waals surface area contributed by atoms with Crippen LogP contribution in [0.25, 0.3) is 0 Å². The summed E-state index contributed by atoms with van der Waals surface area (Å²) in [7, 11) is 0. The topological polar surface area (TPSA) is 36.3 Å². The lowest BCUT2D eigenvalue weighted by molar-refractivity contribution is -0.182. The highest BCUT2D eigenvalue weighted by Gasteiger charge is 2.41. The zero-order valence-electron chi connectivity index (χ0n) is 16.5. The van der Waals surface area contributed by atoms with Crippen molar-refractivity contribution in [1.29, 1.82) is 0 Å². The van der Waals surface area contributed by atoms with E-state index in [1.54, 1.807) is 6.20 Å². The van der Waals surface area contributed by atoms with Gasteiger partial charge in [-0.2, -0.15) is 0 Å². The SMILES string of the molecule is Clc1ccc(CC[C@@]2(Cn3ccnc3)OC[C@@H](CCSc3cccc(Br)c3)O2)cc1. The molecule has 1 saturated heterocycles. The highest BCUT2D eigenvalue weighted by Crippen LogP contribution is 2.33. The Bertz CT molecular complexity index is 939. The Morgan fingerprint density at radius 2 is 2.10 bits per heavy atom. The van der Waals surface area contributed by atoms with Gasteiger partial charge in [0.15, 0.2) is 5.79 Å². The van der Waals surface area contributed by atoms with Gasteiger partial charge in [-0.15, -0.1) is 11.8 Å². The fourth-order valence-corrected chi connectivity index (χ4v) is 5.24. The lowest BCUT2D eigenvalue weighted by atomic mass is 10.0. The van der Waals surface area contributed by atoms with Crippen LogP contribution in [-0.2, 0) is 22.4 Å². The minimum Gasteiger partial charge on any atom is -0.345 e. The summed E-state index contributed by atoms with van der Waals surface area (Å²) in [4.78, 5) is 5.42. The zero-order valence-corrected chi connectivity index (χ0v) is 19.7. The summed E-state index contributed by atoms with van der Waals surface area (Å²) in [6.45, 7) is 1.25. The first kappa shape index (κ1) is 21.9. The first-order valence-electron chi connectivity index (χ1n) is 10.0. The van der Waals surface area contributed by atoms with Crippen molar-refractivity contribution in [3.8, 4) is 0 Å². The first-order valence-corrected chi connectivity index (χ1v) is 12.2. The molecule has 0 unspecified atom stereocenters. The van der Waals surface area contributed by atoms with Gasteiger partial charge >= 0.3 is 0 Å². The molecule has 0 N–H and O–H groups in total. The van der Waals surface area contributed by atoms with Crippen LogP contribution in [0.1, 0.15) is 18.4 Å². The number of rotatable bonds is 9. The number of imidazole rings is 1. The molecular weight excluding hydrogens is 484 g/mol. The molecule has 1 aliphatic rings. The van der Waals surface area contributed by atoms with E-state index in [-0.39, 0.29) is 6.10 Å². The zero-order chi connectivity index (χ0) is 20.8. The number of hydrogen-bond donors (Lipinski definition) is 0. The molecule has 0 aliphatic carbocycles. The van der Waals surface area contributed by atoms with Crippen molar-refractivity contribution in [2.45, 2.75) is 42.6 Å². The number of aryl methyl sites for hydroxylation is 1. The fourth-order valence-electron chi connectivity index (χ4n) is 3.56. The molecule has 0 amide bonds. The third-order valence-electron chi connectivity index (χ3n) is 5.11. The first-order chi connectivity index (χ1) is 14.6. The number of hydrogen-bond acceptors (Lipinski definition) is 4. The van der Waals surface area contributed by atoms with E-state index in [1.165, 1.54) is 10.5 Å². The lowest BCUT2D eigenvalue weighted by Crippen LogP contribution is -2.36. The molecule has 0 radical (unpaired) electrons. The van der Waals surface area contributed by atoms with Crippen LogP contribution in [0, 0.1) is 0 Å². The van der Waals surface area contributed by atoms with Gasteiger partial charge in [-0.1, -0.05) is 45.7 Å². The second-order valence-corrected chi connectivity index (χ2v) is 9.94. The Morgan fingerprint density at radius 1 is 1.23 bits per heavy atom. The van der Waals surface area contributed by atoms with Gasteiger partial charge in [0.2, 0.25) is 0 Å². The maximum Gasteiger partial charge on any atom is 0.187 e. The molecule has 2 heterocycles. The van der Waals surface area contributed by atoms with E-state index in [0.29, 0.717) is 13.2 Å². The van der Waals surface area contributed by atoms with Crippen molar-refractivity contribution < 1.29 is 9.47 Å². The van der Waals surface area contributed by atoms with Crippen LogP contribution in [0.4, 0.5) is 0 Å². The molecule has 4 nitrogen and oxygen atoms in total. The van der Waals surface area contributed by atoms with Gasteiger partial charge in [0.25, 0.3) is 0 Å². The summed E-state index contributed by atoms with van der Waals surface area (Å²) < 4.78 is 15.9. The number of nitrogens with zero attached hydrogens (tertiary/aromatic N) is 2. The quantitative estimate of drug-likeness (QED) is 0.322. The van der Waals surface area contributed by atoms with Gasteiger partial charge in [-0.05, 0) is 48.7 Å². The van der Waals surface area contributed by atoms with E-state index >= 15 is 0 Å². The summed E-state index contributed by atoms with van der Waals surface area (Å²) >= 11 is 11.4. The van der Waals surface area contributed by atoms with Gasteiger partial charge < -0.3 is 14.0 Å². The average molecular weight is 508 g/mol. The standard InChI is InChI=1S/C23H24BrClN2O2S/c24-19-2-1-3-22(14-19)30-13-9-21-15-28-23(29-21,16-27-12-11-26-17-27)10-8-18-4-6-20(25)7-5-18/h1-7,11-12,14,17,21H,8-10,13,15-16H2/t21-,23-/m1/s1. The number of halogens is 2. The second-order valence-electron chi connectivity index (χ2n) is 7.42. The lowest BCUT2D eigenvalue weighted by Gasteiger charge is -2.28. The molecule has 1 aliphatic heterocycles. The summed E-state index contributed by atoms with van der Waals surface area (Å²) in [6, 6.07) is 16.4. The Morgan fingerprint density at radius 3 is 2.87 bits per heavy atom. The Balaban J connectivity index is 1.35. The minimum atomic E-state index is -0.633. The van der Waals surface area contributed by atoms with Crippen molar-refractivity contribution in [2.75, 3.05) is 12.4 Å². The van der Waals surface area contributed by atoms with E-state index < -0.39 is 5.79 Å². The Labute approximate surface area is 195 Å². The molecule has 2 aromatic carbocycles. The Hall–Kier alpha value is -1.31. The van der Waals surface area contributed by atoms with Crippen LogP contribution in [0.2, 0.25) is 5.02 Å². The van der Waals surface area contributed by atoms with Crippen LogP contribution < -0.4 is 0 Å². The van der Waals surface area contributed by atoms with Crippen LogP contribution >= 0.6 is 39.3 Å². The molecule has 158 valence electrons. The monoisotopic (exact) mass is 506 g/mol. The van der Waals surface area contributed by atoms with E-state index in [2.05, 4.69) is 51.2 Å². The van der Waals surface area contributed by atoms with Gasteiger partial charge in [0, 0.05) is 39.0 Å². The highest BCUT2D eigenvalue weighted by atomic mass is 79.9. The summed E-state index contributed by atoms with van der Waals surface area (Å²) in [5.74, 6) is 0.355. The third kappa shape index (κ3) is 6.11. The fraction of sp³-hybridized carbons (Fsp3) is 0.348. The van der Waals surface area contributed by atoms with Crippen molar-refractivity contribution in [3.63, 3.8) is 0 Å². The maximum atomic E-state index is 6.51. The molecule has 1 aromatic heterocycles. The second kappa shape index (κ2) is 10.3. The molecule has 1 fully saturated rings. The van der Waals surface area contributed by atoms with Crippen molar-refractivity contribution in [2.24, 2.45) is 0 Å². The maximum absolute atomic E-state index is 6.51. The van der Waals surface area contributed by atoms with Gasteiger partial charge in [-0.25, -0.2) is 4.98 Å². The van der Waals surface area contributed by atoms with Gasteiger partial charge in [-0.3, -0.25) is 0 Å². The Kier molecular flexibility index (Phi) is 7.55. The third-order valence-corrected chi connectivity index (χ3v) is 6.88. The minimum absolute atomic E-state index is 0.0957. The molecule has 2 atom stereocenters. The van der Waals surface area contributed by atoms with Crippen LogP contribution in [0.3, 0.4) is 0 Å². The van der Waals surface area contributed by atoms with Gasteiger partial charge in [0.1, 0.15) is 0 Å². The predicted molar refractivity (Wildman–Crippen MR) is 125 cm³/mol. The van der Waals surface area contributed by atoms with Crippen LogP contribution in [0.5, 0.6) is 0 Å². The molecule has 0 spiro atoms. The van der Waals surface area contributed by atoms with E-state index in [4.69, 9.17) is 21.1 Å². The van der Waals surface area contributed by atoms with E-state index in [0.717, 1.165) is 34.5 Å². The smallest absolute Gasteiger partial charge is 0.187 e. The normalized spacial score (nSPS) is 21.2. The molecule has 4 rings (SSSR count). The summed E-state index contributed by atoms with van der Waals surface area (Å²) in [5, 5.41) is 0.753.